The Kier molecular flexibility index (Phi) is 3.42. The Morgan fingerprint density at radius 3 is 3.07 bits per heavy atom. The first-order valence-corrected chi connectivity index (χ1v) is 6.70. The molecule has 2 nitrogen and oxygen atoms in total. The van der Waals surface area contributed by atoms with E-state index in [0.29, 0.717) is 6.04 Å². The molecule has 0 aromatic carbocycles. The minimum Gasteiger partial charge on any atom is -0.306 e. The topological polar surface area (TPSA) is 24.9 Å². The van der Waals surface area contributed by atoms with E-state index in [1.165, 1.54) is 29.1 Å². The summed E-state index contributed by atoms with van der Waals surface area (Å²) in [5.74, 6) is 0.937. The molecule has 1 fully saturated rings. The van der Waals surface area contributed by atoms with Crippen molar-refractivity contribution in [3.8, 4) is 0 Å². The van der Waals surface area contributed by atoms with Crippen LogP contribution in [0.5, 0.6) is 0 Å². The van der Waals surface area contributed by atoms with Gasteiger partial charge < -0.3 is 5.32 Å². The van der Waals surface area contributed by atoms with Gasteiger partial charge in [-0.05, 0) is 32.6 Å². The molecule has 2 rings (SSSR count). The second kappa shape index (κ2) is 4.62. The molecule has 0 radical (unpaired) electrons. The normalized spacial score (nSPS) is 26.6. The van der Waals surface area contributed by atoms with Gasteiger partial charge in [0, 0.05) is 23.2 Å². The predicted octanol–water partition coefficient (Wildman–Crippen LogP) is 3.29. The second-order valence-electron chi connectivity index (χ2n) is 4.56. The first kappa shape index (κ1) is 11.1. The van der Waals surface area contributed by atoms with Crippen LogP contribution in [0.3, 0.4) is 0 Å². The monoisotopic (exact) mass is 224 g/mol. The van der Waals surface area contributed by atoms with Crippen LogP contribution in [0.25, 0.3) is 0 Å². The molecule has 15 heavy (non-hydrogen) atoms. The van der Waals surface area contributed by atoms with Crippen LogP contribution in [0.2, 0.25) is 0 Å². The van der Waals surface area contributed by atoms with Crippen LogP contribution >= 0.6 is 11.3 Å². The Morgan fingerprint density at radius 1 is 1.67 bits per heavy atom. The molecule has 1 saturated carbocycles. The maximum Gasteiger partial charge on any atom is 0.0897 e. The highest BCUT2D eigenvalue weighted by molar-refractivity contribution is 7.11. The van der Waals surface area contributed by atoms with Crippen LogP contribution in [-0.4, -0.2) is 11.0 Å². The van der Waals surface area contributed by atoms with Gasteiger partial charge >= 0.3 is 0 Å². The second-order valence-corrected chi connectivity index (χ2v) is 5.83. The SMILES string of the molecule is CCCC1CC1NC(C)c1cnc(C)s1. The van der Waals surface area contributed by atoms with Crippen LogP contribution < -0.4 is 5.32 Å². The van der Waals surface area contributed by atoms with Gasteiger partial charge in [-0.3, -0.25) is 0 Å². The molecule has 0 aliphatic heterocycles. The lowest BCUT2D eigenvalue weighted by Crippen LogP contribution is -2.21. The molecule has 1 aliphatic carbocycles. The fourth-order valence-corrected chi connectivity index (χ4v) is 2.92. The van der Waals surface area contributed by atoms with E-state index in [2.05, 4.69) is 31.1 Å². The van der Waals surface area contributed by atoms with E-state index in [0.717, 1.165) is 12.0 Å². The Labute approximate surface area is 96.1 Å². The van der Waals surface area contributed by atoms with Crippen LogP contribution in [0, 0.1) is 12.8 Å². The lowest BCUT2D eigenvalue weighted by Gasteiger charge is -2.11. The summed E-state index contributed by atoms with van der Waals surface area (Å²) in [5, 5.41) is 4.86. The van der Waals surface area contributed by atoms with Gasteiger partial charge in [-0.2, -0.15) is 0 Å². The standard InChI is InChI=1S/C12H20N2S/c1-4-5-10-6-11(10)14-8(2)12-7-13-9(3)15-12/h7-8,10-11,14H,4-6H2,1-3H3. The highest BCUT2D eigenvalue weighted by Gasteiger charge is 2.36. The molecule has 1 aliphatic rings. The summed E-state index contributed by atoms with van der Waals surface area (Å²) in [5.41, 5.74) is 0. The van der Waals surface area contributed by atoms with Crippen molar-refractivity contribution in [2.45, 2.75) is 52.1 Å². The molecule has 1 aromatic heterocycles. The lowest BCUT2D eigenvalue weighted by molar-refractivity contribution is 0.535. The molecule has 3 atom stereocenters. The van der Waals surface area contributed by atoms with Crippen molar-refractivity contribution >= 4 is 11.3 Å². The number of aromatic nitrogens is 1. The zero-order chi connectivity index (χ0) is 10.8. The molecule has 0 spiro atoms. The van der Waals surface area contributed by atoms with Crippen LogP contribution in [0.4, 0.5) is 0 Å². The van der Waals surface area contributed by atoms with Crippen molar-refractivity contribution in [2.24, 2.45) is 5.92 Å². The van der Waals surface area contributed by atoms with Gasteiger partial charge in [-0.15, -0.1) is 11.3 Å². The first-order chi connectivity index (χ1) is 7.20. The molecule has 84 valence electrons. The fourth-order valence-electron chi connectivity index (χ4n) is 2.12. The van der Waals surface area contributed by atoms with E-state index < -0.39 is 0 Å². The summed E-state index contributed by atoms with van der Waals surface area (Å²) in [6.45, 7) is 6.58. The van der Waals surface area contributed by atoms with Crippen molar-refractivity contribution in [3.63, 3.8) is 0 Å². The van der Waals surface area contributed by atoms with Gasteiger partial charge in [0.25, 0.3) is 0 Å². The van der Waals surface area contributed by atoms with E-state index in [9.17, 15) is 0 Å². The zero-order valence-corrected chi connectivity index (χ0v) is 10.6. The van der Waals surface area contributed by atoms with Gasteiger partial charge in [0.1, 0.15) is 0 Å². The number of hydrogen-bond acceptors (Lipinski definition) is 3. The Hall–Kier alpha value is -0.410. The summed E-state index contributed by atoms with van der Waals surface area (Å²) < 4.78 is 0. The molecular weight excluding hydrogens is 204 g/mol. The largest absolute Gasteiger partial charge is 0.306 e. The Bertz CT molecular complexity index is 321. The van der Waals surface area contributed by atoms with Gasteiger partial charge in [-0.1, -0.05) is 13.3 Å². The molecule has 1 aromatic rings. The fraction of sp³-hybridized carbons (Fsp3) is 0.750. The number of aryl methyl sites for hydroxylation is 1. The van der Waals surface area contributed by atoms with Crippen molar-refractivity contribution < 1.29 is 0 Å². The molecule has 1 N–H and O–H groups in total. The van der Waals surface area contributed by atoms with E-state index in [-0.39, 0.29) is 0 Å². The quantitative estimate of drug-likeness (QED) is 0.830. The maximum absolute atomic E-state index is 4.30. The third kappa shape index (κ3) is 2.79. The van der Waals surface area contributed by atoms with E-state index in [4.69, 9.17) is 0 Å². The predicted molar refractivity (Wildman–Crippen MR) is 65.2 cm³/mol. The minimum atomic E-state index is 0.475. The maximum atomic E-state index is 4.30. The highest BCUT2D eigenvalue weighted by atomic mass is 32.1. The van der Waals surface area contributed by atoms with Gasteiger partial charge in [0.2, 0.25) is 0 Å². The summed E-state index contributed by atoms with van der Waals surface area (Å²) >= 11 is 1.81. The molecule has 3 heteroatoms. The van der Waals surface area contributed by atoms with Crippen molar-refractivity contribution in [1.29, 1.82) is 0 Å². The number of hydrogen-bond donors (Lipinski definition) is 1. The lowest BCUT2D eigenvalue weighted by atomic mass is 10.2. The number of nitrogens with zero attached hydrogens (tertiary/aromatic N) is 1. The average molecular weight is 224 g/mol. The summed E-state index contributed by atoms with van der Waals surface area (Å²) in [6.07, 6.45) is 6.08. The number of thiazole rings is 1. The Balaban J connectivity index is 1.81. The summed E-state index contributed by atoms with van der Waals surface area (Å²) in [6, 6.07) is 1.24. The molecule has 3 unspecified atom stereocenters. The molecule has 0 bridgehead atoms. The van der Waals surface area contributed by atoms with Crippen molar-refractivity contribution in [1.82, 2.24) is 10.3 Å². The summed E-state index contributed by atoms with van der Waals surface area (Å²) in [7, 11) is 0. The van der Waals surface area contributed by atoms with Crippen molar-refractivity contribution in [3.05, 3.63) is 16.1 Å². The third-order valence-corrected chi connectivity index (χ3v) is 4.21. The Morgan fingerprint density at radius 2 is 2.47 bits per heavy atom. The number of rotatable bonds is 5. The van der Waals surface area contributed by atoms with Crippen molar-refractivity contribution in [2.75, 3.05) is 0 Å². The first-order valence-electron chi connectivity index (χ1n) is 5.89. The van der Waals surface area contributed by atoms with Gasteiger partial charge in [0.05, 0.1) is 5.01 Å². The minimum absolute atomic E-state index is 0.475. The van der Waals surface area contributed by atoms with Crippen LogP contribution in [0.1, 0.15) is 49.0 Å². The van der Waals surface area contributed by atoms with Crippen LogP contribution in [0.15, 0.2) is 6.20 Å². The van der Waals surface area contributed by atoms with E-state index in [1.807, 2.05) is 6.20 Å². The average Bonchev–Trinajstić information content (AvgIpc) is 2.76. The molecule has 0 amide bonds. The number of nitrogens with one attached hydrogen (secondary N) is 1. The molecule has 1 heterocycles. The molecule has 0 saturated heterocycles. The van der Waals surface area contributed by atoms with E-state index >= 15 is 0 Å². The van der Waals surface area contributed by atoms with E-state index in [1.54, 1.807) is 11.3 Å². The zero-order valence-electron chi connectivity index (χ0n) is 9.79. The van der Waals surface area contributed by atoms with Gasteiger partial charge in [-0.25, -0.2) is 4.98 Å². The molecular formula is C12H20N2S. The summed E-state index contributed by atoms with van der Waals surface area (Å²) in [4.78, 5) is 5.67. The van der Waals surface area contributed by atoms with Crippen LogP contribution in [-0.2, 0) is 0 Å². The van der Waals surface area contributed by atoms with Gasteiger partial charge in [0.15, 0.2) is 0 Å². The smallest absolute Gasteiger partial charge is 0.0897 e. The third-order valence-electron chi connectivity index (χ3n) is 3.11. The highest BCUT2D eigenvalue weighted by Crippen LogP contribution is 2.36.